The zero-order valence-electron chi connectivity index (χ0n) is 14.8. The summed E-state index contributed by atoms with van der Waals surface area (Å²) < 4.78 is 10.9. The van der Waals surface area contributed by atoms with E-state index >= 15 is 0 Å². The number of benzene rings is 1. The highest BCUT2D eigenvalue weighted by Crippen LogP contribution is 2.40. The van der Waals surface area contributed by atoms with E-state index in [2.05, 4.69) is 0 Å². The van der Waals surface area contributed by atoms with Gasteiger partial charge in [0.2, 0.25) is 5.91 Å². The highest BCUT2D eigenvalue weighted by Gasteiger charge is 2.48. The quantitative estimate of drug-likeness (QED) is 0.848. The predicted molar refractivity (Wildman–Crippen MR) is 96.4 cm³/mol. The van der Waals surface area contributed by atoms with Crippen LogP contribution in [0.25, 0.3) is 0 Å². The Morgan fingerprint density at radius 2 is 2.12 bits per heavy atom. The van der Waals surface area contributed by atoms with Gasteiger partial charge in [0.15, 0.2) is 0 Å². The van der Waals surface area contributed by atoms with E-state index in [-0.39, 0.29) is 24.5 Å². The lowest BCUT2D eigenvalue weighted by molar-refractivity contribution is -0.145. The number of hydrogen-bond donors (Lipinski definition) is 1. The van der Waals surface area contributed by atoms with E-state index < -0.39 is 11.4 Å². The number of carbonyl (C=O) groups is 2. The summed E-state index contributed by atoms with van der Waals surface area (Å²) in [4.78, 5) is 26.6. The maximum absolute atomic E-state index is 13.7. The third kappa shape index (κ3) is 3.72. The molecule has 0 aromatic heterocycles. The summed E-state index contributed by atoms with van der Waals surface area (Å²) in [5.74, 6) is -0.956. The van der Waals surface area contributed by atoms with Gasteiger partial charge in [0.05, 0.1) is 17.9 Å². The van der Waals surface area contributed by atoms with Crippen molar-refractivity contribution in [1.82, 2.24) is 4.90 Å². The molecule has 142 valence electrons. The number of carboxylic acids is 1. The highest BCUT2D eigenvalue weighted by molar-refractivity contribution is 6.30. The van der Waals surface area contributed by atoms with Crippen LogP contribution in [0.3, 0.4) is 0 Å². The molecule has 2 unspecified atom stereocenters. The molecule has 0 bridgehead atoms. The summed E-state index contributed by atoms with van der Waals surface area (Å²) in [6.07, 6.45) is 1.43. The molecule has 0 saturated carbocycles. The van der Waals surface area contributed by atoms with E-state index in [1.54, 1.807) is 18.1 Å². The van der Waals surface area contributed by atoms with Gasteiger partial charge in [0, 0.05) is 37.9 Å². The topological polar surface area (TPSA) is 76.1 Å². The first-order chi connectivity index (χ1) is 12.5. The lowest BCUT2D eigenvalue weighted by Gasteiger charge is -2.40. The number of amides is 1. The largest absolute Gasteiger partial charge is 0.481 e. The maximum atomic E-state index is 13.7. The van der Waals surface area contributed by atoms with Crippen LogP contribution in [0.4, 0.5) is 0 Å². The van der Waals surface area contributed by atoms with E-state index in [0.29, 0.717) is 44.0 Å². The fourth-order valence-electron chi connectivity index (χ4n) is 4.10. The Kier molecular flexibility index (Phi) is 5.85. The Balaban J connectivity index is 1.95. The van der Waals surface area contributed by atoms with Crippen molar-refractivity contribution in [1.29, 1.82) is 0 Å². The zero-order valence-corrected chi connectivity index (χ0v) is 15.6. The Morgan fingerprint density at radius 3 is 2.73 bits per heavy atom. The Morgan fingerprint density at radius 1 is 1.38 bits per heavy atom. The van der Waals surface area contributed by atoms with Crippen molar-refractivity contribution in [3.05, 3.63) is 34.9 Å². The molecule has 2 saturated heterocycles. The van der Waals surface area contributed by atoms with Crippen LogP contribution in [0, 0.1) is 0 Å². The number of rotatable bonds is 5. The molecule has 0 aliphatic carbocycles. The van der Waals surface area contributed by atoms with Crippen LogP contribution in [0.1, 0.15) is 31.2 Å². The van der Waals surface area contributed by atoms with E-state index in [4.69, 9.17) is 21.1 Å². The number of halogens is 1. The Labute approximate surface area is 158 Å². The van der Waals surface area contributed by atoms with E-state index in [0.717, 1.165) is 5.56 Å². The number of methoxy groups -OCH3 is 1. The first-order valence-electron chi connectivity index (χ1n) is 8.86. The van der Waals surface area contributed by atoms with E-state index in [1.807, 2.05) is 18.2 Å². The monoisotopic (exact) mass is 381 g/mol. The molecule has 1 aromatic rings. The average molecular weight is 382 g/mol. The molecule has 0 spiro atoms. The predicted octanol–water partition coefficient (Wildman–Crippen LogP) is 2.48. The van der Waals surface area contributed by atoms with Gasteiger partial charge in [-0.1, -0.05) is 23.7 Å². The van der Waals surface area contributed by atoms with Crippen LogP contribution < -0.4 is 0 Å². The van der Waals surface area contributed by atoms with Gasteiger partial charge < -0.3 is 19.5 Å². The summed E-state index contributed by atoms with van der Waals surface area (Å²) in [6.45, 7) is 1.39. The van der Waals surface area contributed by atoms with Crippen LogP contribution in [-0.2, 0) is 24.5 Å². The summed E-state index contributed by atoms with van der Waals surface area (Å²) >= 11 is 6.18. The van der Waals surface area contributed by atoms with Crippen molar-refractivity contribution in [2.24, 2.45) is 0 Å². The van der Waals surface area contributed by atoms with Gasteiger partial charge in [0.25, 0.3) is 0 Å². The number of aliphatic carboxylic acids is 1. The van der Waals surface area contributed by atoms with Gasteiger partial charge in [-0.15, -0.1) is 0 Å². The van der Waals surface area contributed by atoms with Gasteiger partial charge in [0.1, 0.15) is 0 Å². The molecule has 26 heavy (non-hydrogen) atoms. The molecule has 2 aliphatic heterocycles. The SMILES string of the molecule is COC1CC(CC(=O)O)N(C(=O)C2(c3cccc(Cl)c3)CCOCC2)C1. The van der Waals surface area contributed by atoms with Crippen molar-refractivity contribution in [2.45, 2.75) is 43.2 Å². The molecule has 1 aromatic carbocycles. The van der Waals surface area contributed by atoms with Crippen molar-refractivity contribution in [2.75, 3.05) is 26.9 Å². The number of ether oxygens (including phenoxy) is 2. The smallest absolute Gasteiger partial charge is 0.305 e. The number of likely N-dealkylation sites (tertiary alicyclic amines) is 1. The zero-order chi connectivity index (χ0) is 18.7. The van der Waals surface area contributed by atoms with Crippen LogP contribution in [-0.4, -0.2) is 60.9 Å². The molecule has 2 heterocycles. The standard InChI is InChI=1S/C19H24ClNO5/c1-25-16-10-15(11-17(22)23)21(12-16)18(24)19(5-7-26-8-6-19)13-3-2-4-14(20)9-13/h2-4,9,15-16H,5-8,10-12H2,1H3,(H,22,23). The molecular formula is C19H24ClNO5. The normalized spacial score (nSPS) is 25.2. The number of carbonyl (C=O) groups excluding carboxylic acids is 1. The highest BCUT2D eigenvalue weighted by atomic mass is 35.5. The van der Waals surface area contributed by atoms with Gasteiger partial charge in [-0.2, -0.15) is 0 Å². The average Bonchev–Trinajstić information content (AvgIpc) is 3.03. The van der Waals surface area contributed by atoms with Crippen LogP contribution in [0.15, 0.2) is 24.3 Å². The van der Waals surface area contributed by atoms with E-state index in [1.165, 1.54) is 0 Å². The minimum absolute atomic E-state index is 0.0473. The van der Waals surface area contributed by atoms with Crippen molar-refractivity contribution in [3.63, 3.8) is 0 Å². The molecule has 2 atom stereocenters. The molecule has 2 aliphatic rings. The van der Waals surface area contributed by atoms with Gasteiger partial charge in [-0.25, -0.2) is 0 Å². The number of hydrogen-bond acceptors (Lipinski definition) is 4. The van der Waals surface area contributed by atoms with Crippen LogP contribution >= 0.6 is 11.6 Å². The summed E-state index contributed by atoms with van der Waals surface area (Å²) in [5.41, 5.74) is 0.135. The third-order valence-electron chi connectivity index (χ3n) is 5.51. The number of carboxylic acid groups (broad SMARTS) is 1. The molecule has 2 fully saturated rings. The third-order valence-corrected chi connectivity index (χ3v) is 5.75. The van der Waals surface area contributed by atoms with E-state index in [9.17, 15) is 14.7 Å². The maximum Gasteiger partial charge on any atom is 0.305 e. The second-order valence-corrected chi connectivity index (χ2v) is 7.44. The minimum Gasteiger partial charge on any atom is -0.481 e. The summed E-state index contributed by atoms with van der Waals surface area (Å²) in [7, 11) is 1.59. The molecule has 3 rings (SSSR count). The fourth-order valence-corrected chi connectivity index (χ4v) is 4.29. The Bertz CT molecular complexity index is 674. The molecule has 6 nitrogen and oxygen atoms in total. The summed E-state index contributed by atoms with van der Waals surface area (Å²) in [6, 6.07) is 7.03. The molecule has 1 amide bonds. The first kappa shape index (κ1) is 19.1. The van der Waals surface area contributed by atoms with Crippen LogP contribution in [0.2, 0.25) is 5.02 Å². The Hall–Kier alpha value is -1.63. The van der Waals surface area contributed by atoms with Gasteiger partial charge in [-0.05, 0) is 37.0 Å². The van der Waals surface area contributed by atoms with Crippen molar-refractivity contribution < 1.29 is 24.2 Å². The van der Waals surface area contributed by atoms with Crippen molar-refractivity contribution >= 4 is 23.5 Å². The molecule has 7 heteroatoms. The second kappa shape index (κ2) is 7.94. The van der Waals surface area contributed by atoms with Crippen LogP contribution in [0.5, 0.6) is 0 Å². The molecular weight excluding hydrogens is 358 g/mol. The van der Waals surface area contributed by atoms with Crippen molar-refractivity contribution in [3.8, 4) is 0 Å². The minimum atomic E-state index is -0.909. The second-order valence-electron chi connectivity index (χ2n) is 7.01. The molecule has 0 radical (unpaired) electrons. The fraction of sp³-hybridized carbons (Fsp3) is 0.579. The number of nitrogens with zero attached hydrogens (tertiary/aromatic N) is 1. The molecule has 1 N–H and O–H groups in total. The lowest BCUT2D eigenvalue weighted by atomic mass is 9.73. The summed E-state index contributed by atoms with van der Waals surface area (Å²) in [5, 5.41) is 9.83. The first-order valence-corrected chi connectivity index (χ1v) is 9.23. The van der Waals surface area contributed by atoms with Gasteiger partial charge in [-0.3, -0.25) is 9.59 Å². The van der Waals surface area contributed by atoms with Gasteiger partial charge >= 0.3 is 5.97 Å². The lowest BCUT2D eigenvalue weighted by Crippen LogP contribution is -2.52.